The van der Waals surface area contributed by atoms with Crippen LogP contribution >= 0.6 is 0 Å². The van der Waals surface area contributed by atoms with E-state index < -0.39 is 10.0 Å². The molecule has 1 aromatic heterocycles. The molecule has 0 spiro atoms. The van der Waals surface area contributed by atoms with Crippen molar-refractivity contribution in [1.82, 2.24) is 4.31 Å². The molecule has 25 heavy (non-hydrogen) atoms. The minimum atomic E-state index is -3.27. The molecule has 2 aromatic rings. The summed E-state index contributed by atoms with van der Waals surface area (Å²) >= 11 is 0. The standard InChI is InChI=1S/C18H22N2O4S/c1-13-6-5-7-17(14(13)2)19-18(21)11-10-15-8-9-16(24-15)12-20(3)25(4,22)23/h5-11H,12H2,1-4H3,(H,19,21)/b11-10+. The summed E-state index contributed by atoms with van der Waals surface area (Å²) in [6.07, 6.45) is 4.06. The number of hydrogen-bond acceptors (Lipinski definition) is 4. The highest BCUT2D eigenvalue weighted by molar-refractivity contribution is 7.88. The summed E-state index contributed by atoms with van der Waals surface area (Å²) in [5.74, 6) is 0.718. The lowest BCUT2D eigenvalue weighted by molar-refractivity contribution is -0.111. The molecule has 0 aliphatic heterocycles. The molecule has 0 fully saturated rings. The van der Waals surface area contributed by atoms with E-state index in [9.17, 15) is 13.2 Å². The van der Waals surface area contributed by atoms with Gasteiger partial charge in [0.1, 0.15) is 11.5 Å². The van der Waals surface area contributed by atoms with Gasteiger partial charge in [-0.1, -0.05) is 12.1 Å². The summed E-state index contributed by atoms with van der Waals surface area (Å²) in [6.45, 7) is 4.08. The topological polar surface area (TPSA) is 79.6 Å². The molecule has 0 aliphatic carbocycles. The molecule has 0 atom stereocenters. The average Bonchev–Trinajstić information content (AvgIpc) is 2.96. The number of nitrogens with one attached hydrogen (secondary N) is 1. The zero-order chi connectivity index (χ0) is 18.6. The first-order valence-electron chi connectivity index (χ1n) is 7.72. The van der Waals surface area contributed by atoms with Crippen LogP contribution in [0.4, 0.5) is 5.69 Å². The van der Waals surface area contributed by atoms with Gasteiger partial charge >= 0.3 is 0 Å². The number of furan rings is 1. The summed E-state index contributed by atoms with van der Waals surface area (Å²) in [5, 5.41) is 2.83. The van der Waals surface area contributed by atoms with Crippen molar-refractivity contribution in [2.24, 2.45) is 0 Å². The predicted molar refractivity (Wildman–Crippen MR) is 98.6 cm³/mol. The number of aryl methyl sites for hydroxylation is 1. The Labute approximate surface area is 148 Å². The van der Waals surface area contributed by atoms with Crippen LogP contribution in [0.5, 0.6) is 0 Å². The average molecular weight is 362 g/mol. The van der Waals surface area contributed by atoms with Crippen molar-refractivity contribution in [2.45, 2.75) is 20.4 Å². The molecule has 0 radical (unpaired) electrons. The largest absolute Gasteiger partial charge is 0.460 e. The lowest BCUT2D eigenvalue weighted by atomic mass is 10.1. The van der Waals surface area contributed by atoms with E-state index in [1.807, 2.05) is 32.0 Å². The lowest BCUT2D eigenvalue weighted by Crippen LogP contribution is -2.24. The maximum absolute atomic E-state index is 12.0. The highest BCUT2D eigenvalue weighted by Gasteiger charge is 2.13. The number of sulfonamides is 1. The molecule has 6 nitrogen and oxygen atoms in total. The van der Waals surface area contributed by atoms with Gasteiger partial charge in [0.25, 0.3) is 0 Å². The van der Waals surface area contributed by atoms with E-state index in [0.29, 0.717) is 11.5 Å². The van der Waals surface area contributed by atoms with Crippen LogP contribution in [0.3, 0.4) is 0 Å². The molecule has 1 aromatic carbocycles. The van der Waals surface area contributed by atoms with Crippen molar-refractivity contribution < 1.29 is 17.6 Å². The first-order valence-corrected chi connectivity index (χ1v) is 9.57. The summed E-state index contributed by atoms with van der Waals surface area (Å²) in [4.78, 5) is 12.0. The van der Waals surface area contributed by atoms with Crippen molar-refractivity contribution in [3.05, 3.63) is 59.1 Å². The first kappa shape index (κ1) is 19.0. The van der Waals surface area contributed by atoms with Crippen LogP contribution in [0.1, 0.15) is 22.6 Å². The molecule has 134 valence electrons. The number of nitrogens with zero attached hydrogens (tertiary/aromatic N) is 1. The molecule has 1 heterocycles. The van der Waals surface area contributed by atoms with Gasteiger partial charge in [-0.05, 0) is 49.2 Å². The van der Waals surface area contributed by atoms with Crippen LogP contribution in [-0.2, 0) is 21.4 Å². The molecular weight excluding hydrogens is 340 g/mol. The van der Waals surface area contributed by atoms with E-state index >= 15 is 0 Å². The third-order valence-electron chi connectivity index (χ3n) is 3.89. The Hall–Kier alpha value is -2.38. The fourth-order valence-corrected chi connectivity index (χ4v) is 2.49. The first-order chi connectivity index (χ1) is 11.7. The van der Waals surface area contributed by atoms with Gasteiger partial charge in [0.15, 0.2) is 0 Å². The molecule has 2 rings (SSSR count). The Kier molecular flexibility index (Phi) is 5.81. The molecule has 1 N–H and O–H groups in total. The number of hydrogen-bond donors (Lipinski definition) is 1. The second-order valence-electron chi connectivity index (χ2n) is 5.89. The van der Waals surface area contributed by atoms with Crippen molar-refractivity contribution >= 4 is 27.7 Å². The number of carbonyl (C=O) groups excluding carboxylic acids is 1. The molecule has 0 unspecified atom stereocenters. The van der Waals surface area contributed by atoms with Gasteiger partial charge in [0, 0.05) is 18.8 Å². The van der Waals surface area contributed by atoms with Gasteiger partial charge < -0.3 is 9.73 Å². The Morgan fingerprint density at radius 1 is 1.24 bits per heavy atom. The van der Waals surface area contributed by atoms with Gasteiger partial charge in [0.2, 0.25) is 15.9 Å². The molecule has 0 aliphatic rings. The number of amides is 1. The maximum atomic E-state index is 12.0. The summed E-state index contributed by atoms with van der Waals surface area (Å²) in [6, 6.07) is 9.09. The quantitative estimate of drug-likeness (QED) is 0.801. The van der Waals surface area contributed by atoms with Crippen LogP contribution in [0.15, 0.2) is 40.8 Å². The summed E-state index contributed by atoms with van der Waals surface area (Å²) < 4.78 is 29.5. The molecule has 0 saturated carbocycles. The fraction of sp³-hybridized carbons (Fsp3) is 0.278. The van der Waals surface area contributed by atoms with Gasteiger partial charge in [-0.2, -0.15) is 4.31 Å². The zero-order valence-corrected chi connectivity index (χ0v) is 15.6. The number of benzene rings is 1. The second-order valence-corrected chi connectivity index (χ2v) is 7.98. The maximum Gasteiger partial charge on any atom is 0.248 e. The number of carbonyl (C=O) groups is 1. The molecule has 0 saturated heterocycles. The van der Waals surface area contributed by atoms with Crippen LogP contribution in [0.2, 0.25) is 0 Å². The Bertz CT molecular complexity index is 898. The highest BCUT2D eigenvalue weighted by Crippen LogP contribution is 2.18. The Morgan fingerprint density at radius 3 is 2.64 bits per heavy atom. The summed E-state index contributed by atoms with van der Waals surface area (Å²) in [7, 11) is -1.79. The predicted octanol–water partition coefficient (Wildman–Crippen LogP) is 2.94. The monoisotopic (exact) mass is 362 g/mol. The van der Waals surface area contributed by atoms with E-state index in [1.54, 1.807) is 18.2 Å². The molecule has 7 heteroatoms. The minimum Gasteiger partial charge on any atom is -0.460 e. The number of rotatable bonds is 6. The van der Waals surface area contributed by atoms with E-state index in [4.69, 9.17) is 4.42 Å². The van der Waals surface area contributed by atoms with Crippen LogP contribution < -0.4 is 5.32 Å². The third kappa shape index (κ3) is 5.30. The van der Waals surface area contributed by atoms with Gasteiger partial charge in [-0.25, -0.2) is 8.42 Å². The fourth-order valence-electron chi connectivity index (χ4n) is 2.12. The van der Waals surface area contributed by atoms with Crippen LogP contribution in [0.25, 0.3) is 6.08 Å². The Balaban J connectivity index is 2.00. The van der Waals surface area contributed by atoms with Crippen molar-refractivity contribution in [3.8, 4) is 0 Å². The Morgan fingerprint density at radius 2 is 1.96 bits per heavy atom. The second kappa shape index (κ2) is 7.67. The van der Waals surface area contributed by atoms with Crippen LogP contribution in [-0.4, -0.2) is 31.9 Å². The molecule has 0 bridgehead atoms. The smallest absolute Gasteiger partial charge is 0.248 e. The van der Waals surface area contributed by atoms with Crippen molar-refractivity contribution in [2.75, 3.05) is 18.6 Å². The van der Waals surface area contributed by atoms with Gasteiger partial charge in [-0.3, -0.25) is 4.79 Å². The molecule has 1 amide bonds. The SMILES string of the molecule is Cc1cccc(NC(=O)/C=C/c2ccc(CN(C)S(C)(=O)=O)o2)c1C. The van der Waals surface area contributed by atoms with Crippen molar-refractivity contribution in [3.63, 3.8) is 0 Å². The van der Waals surface area contributed by atoms with E-state index in [0.717, 1.165) is 23.1 Å². The van der Waals surface area contributed by atoms with Crippen LogP contribution in [0, 0.1) is 13.8 Å². The van der Waals surface area contributed by atoms with Gasteiger partial charge in [0.05, 0.1) is 12.8 Å². The molecular formula is C18H22N2O4S. The summed E-state index contributed by atoms with van der Waals surface area (Å²) in [5.41, 5.74) is 2.89. The minimum absolute atomic E-state index is 0.140. The lowest BCUT2D eigenvalue weighted by Gasteiger charge is -2.11. The highest BCUT2D eigenvalue weighted by atomic mass is 32.2. The van der Waals surface area contributed by atoms with E-state index in [-0.39, 0.29) is 12.5 Å². The van der Waals surface area contributed by atoms with E-state index in [2.05, 4.69) is 5.32 Å². The zero-order valence-electron chi connectivity index (χ0n) is 14.7. The number of anilines is 1. The van der Waals surface area contributed by atoms with Gasteiger partial charge in [-0.15, -0.1) is 0 Å². The normalized spacial score (nSPS) is 12.0. The van der Waals surface area contributed by atoms with Crippen molar-refractivity contribution in [1.29, 1.82) is 0 Å². The van der Waals surface area contributed by atoms with E-state index in [1.165, 1.54) is 17.4 Å². The third-order valence-corrected chi connectivity index (χ3v) is 5.15.